The predicted octanol–water partition coefficient (Wildman–Crippen LogP) is 3.97. The van der Waals surface area contributed by atoms with E-state index in [2.05, 4.69) is 60.7 Å². The fourth-order valence-corrected chi connectivity index (χ4v) is 2.33. The normalized spacial score (nSPS) is 10.7. The first-order valence-corrected chi connectivity index (χ1v) is 6.15. The van der Waals surface area contributed by atoms with Crippen molar-refractivity contribution in [1.82, 2.24) is 0 Å². The van der Waals surface area contributed by atoms with Gasteiger partial charge in [-0.2, -0.15) is 0 Å². The lowest BCUT2D eigenvalue weighted by molar-refractivity contribution is 1.08. The standard InChI is InChI=1S/C17H15N/c18-12-13-9-10-17-15(11-13)7-4-8-16(17)14-5-2-1-3-6-14/h1-11H,12,18H2. The molecule has 3 aromatic rings. The Morgan fingerprint density at radius 2 is 1.61 bits per heavy atom. The molecule has 1 heteroatoms. The van der Waals surface area contributed by atoms with Gasteiger partial charge in [0.05, 0.1) is 0 Å². The van der Waals surface area contributed by atoms with Crippen LogP contribution in [0.15, 0.2) is 66.7 Å². The Kier molecular flexibility index (Phi) is 2.83. The van der Waals surface area contributed by atoms with Gasteiger partial charge in [0.25, 0.3) is 0 Å². The molecule has 18 heavy (non-hydrogen) atoms. The van der Waals surface area contributed by atoms with E-state index in [1.54, 1.807) is 0 Å². The van der Waals surface area contributed by atoms with E-state index in [1.165, 1.54) is 27.5 Å². The highest BCUT2D eigenvalue weighted by molar-refractivity contribution is 5.96. The fraction of sp³-hybridized carbons (Fsp3) is 0.0588. The van der Waals surface area contributed by atoms with Crippen molar-refractivity contribution in [2.24, 2.45) is 5.73 Å². The number of rotatable bonds is 2. The van der Waals surface area contributed by atoms with Crippen molar-refractivity contribution in [2.45, 2.75) is 6.54 Å². The highest BCUT2D eigenvalue weighted by Gasteiger charge is 2.03. The second kappa shape index (κ2) is 4.63. The third-order valence-corrected chi connectivity index (χ3v) is 3.27. The third-order valence-electron chi connectivity index (χ3n) is 3.27. The molecule has 88 valence electrons. The van der Waals surface area contributed by atoms with Crippen molar-refractivity contribution in [2.75, 3.05) is 0 Å². The van der Waals surface area contributed by atoms with Crippen molar-refractivity contribution in [3.8, 4) is 11.1 Å². The van der Waals surface area contributed by atoms with Crippen LogP contribution in [-0.4, -0.2) is 0 Å². The van der Waals surface area contributed by atoms with Crippen molar-refractivity contribution in [3.05, 3.63) is 72.3 Å². The van der Waals surface area contributed by atoms with Gasteiger partial charge < -0.3 is 5.73 Å². The second-order valence-corrected chi connectivity index (χ2v) is 4.43. The van der Waals surface area contributed by atoms with Gasteiger partial charge in [-0.15, -0.1) is 0 Å². The molecule has 0 aliphatic heterocycles. The Balaban J connectivity index is 2.25. The molecule has 0 unspecified atom stereocenters. The van der Waals surface area contributed by atoms with E-state index in [0.29, 0.717) is 6.54 Å². The van der Waals surface area contributed by atoms with E-state index in [-0.39, 0.29) is 0 Å². The van der Waals surface area contributed by atoms with Gasteiger partial charge in [-0.3, -0.25) is 0 Å². The van der Waals surface area contributed by atoms with Gasteiger partial charge in [0.15, 0.2) is 0 Å². The summed E-state index contributed by atoms with van der Waals surface area (Å²) in [6.07, 6.45) is 0. The van der Waals surface area contributed by atoms with Crippen molar-refractivity contribution >= 4 is 10.8 Å². The minimum absolute atomic E-state index is 0.589. The van der Waals surface area contributed by atoms with E-state index in [9.17, 15) is 0 Å². The number of hydrogen-bond donors (Lipinski definition) is 1. The Morgan fingerprint density at radius 1 is 0.778 bits per heavy atom. The summed E-state index contributed by atoms with van der Waals surface area (Å²) in [5.74, 6) is 0. The monoisotopic (exact) mass is 233 g/mol. The molecular formula is C17H15N. The van der Waals surface area contributed by atoms with Gasteiger partial charge in [0, 0.05) is 6.54 Å². The molecule has 0 radical (unpaired) electrons. The minimum atomic E-state index is 0.589. The maximum absolute atomic E-state index is 5.69. The highest BCUT2D eigenvalue weighted by atomic mass is 14.5. The molecule has 0 atom stereocenters. The molecule has 0 aliphatic rings. The van der Waals surface area contributed by atoms with Gasteiger partial charge >= 0.3 is 0 Å². The number of benzene rings is 3. The smallest absolute Gasteiger partial charge is 0.0178 e. The first kappa shape index (κ1) is 11.0. The van der Waals surface area contributed by atoms with Crippen LogP contribution in [0.1, 0.15) is 5.56 Å². The molecule has 0 spiro atoms. The molecule has 0 fully saturated rings. The summed E-state index contributed by atoms with van der Waals surface area (Å²) >= 11 is 0. The minimum Gasteiger partial charge on any atom is -0.326 e. The Morgan fingerprint density at radius 3 is 2.39 bits per heavy atom. The molecular weight excluding hydrogens is 218 g/mol. The Labute approximate surface area is 107 Å². The maximum atomic E-state index is 5.69. The highest BCUT2D eigenvalue weighted by Crippen LogP contribution is 2.28. The lowest BCUT2D eigenvalue weighted by Gasteiger charge is -2.08. The average molecular weight is 233 g/mol. The van der Waals surface area contributed by atoms with Crippen LogP contribution in [0.5, 0.6) is 0 Å². The molecule has 3 aromatic carbocycles. The molecule has 3 rings (SSSR count). The van der Waals surface area contributed by atoms with Crippen LogP contribution in [-0.2, 0) is 6.54 Å². The van der Waals surface area contributed by atoms with Crippen LogP contribution in [0.25, 0.3) is 21.9 Å². The molecule has 2 N–H and O–H groups in total. The zero-order valence-corrected chi connectivity index (χ0v) is 10.1. The average Bonchev–Trinajstić information content (AvgIpc) is 2.47. The van der Waals surface area contributed by atoms with Crippen LogP contribution in [0.3, 0.4) is 0 Å². The lowest BCUT2D eigenvalue weighted by atomic mass is 9.97. The molecule has 0 bridgehead atoms. The first-order chi connectivity index (χ1) is 8.88. The Bertz CT molecular complexity index is 672. The van der Waals surface area contributed by atoms with Crippen LogP contribution < -0.4 is 5.73 Å². The summed E-state index contributed by atoms with van der Waals surface area (Å²) in [5, 5.41) is 2.53. The van der Waals surface area contributed by atoms with E-state index < -0.39 is 0 Å². The molecule has 0 aliphatic carbocycles. The van der Waals surface area contributed by atoms with Crippen molar-refractivity contribution in [1.29, 1.82) is 0 Å². The first-order valence-electron chi connectivity index (χ1n) is 6.15. The number of fused-ring (bicyclic) bond motifs is 1. The van der Waals surface area contributed by atoms with Crippen LogP contribution in [0.2, 0.25) is 0 Å². The SMILES string of the molecule is NCc1ccc2c(-c3ccccc3)cccc2c1. The molecule has 0 aromatic heterocycles. The largest absolute Gasteiger partial charge is 0.326 e. The van der Waals surface area contributed by atoms with E-state index in [4.69, 9.17) is 5.73 Å². The summed E-state index contributed by atoms with van der Waals surface area (Å²) in [6.45, 7) is 0.589. The quantitative estimate of drug-likeness (QED) is 0.712. The molecule has 0 heterocycles. The Hall–Kier alpha value is -2.12. The van der Waals surface area contributed by atoms with E-state index >= 15 is 0 Å². The maximum Gasteiger partial charge on any atom is 0.0178 e. The molecule has 0 saturated heterocycles. The number of hydrogen-bond acceptors (Lipinski definition) is 1. The summed E-state index contributed by atoms with van der Waals surface area (Å²) in [4.78, 5) is 0. The van der Waals surface area contributed by atoms with Crippen LogP contribution in [0.4, 0.5) is 0 Å². The van der Waals surface area contributed by atoms with Gasteiger partial charge in [-0.25, -0.2) is 0 Å². The van der Waals surface area contributed by atoms with Crippen molar-refractivity contribution < 1.29 is 0 Å². The van der Waals surface area contributed by atoms with E-state index in [0.717, 1.165) is 0 Å². The van der Waals surface area contributed by atoms with Gasteiger partial charge in [-0.05, 0) is 33.5 Å². The zero-order chi connectivity index (χ0) is 12.4. The van der Waals surface area contributed by atoms with Crippen molar-refractivity contribution in [3.63, 3.8) is 0 Å². The van der Waals surface area contributed by atoms with Gasteiger partial charge in [-0.1, -0.05) is 60.7 Å². The summed E-state index contributed by atoms with van der Waals surface area (Å²) in [7, 11) is 0. The van der Waals surface area contributed by atoms with E-state index in [1.807, 2.05) is 6.07 Å². The van der Waals surface area contributed by atoms with Crippen LogP contribution in [0, 0.1) is 0 Å². The molecule has 0 amide bonds. The number of nitrogens with two attached hydrogens (primary N) is 1. The summed E-state index contributed by atoms with van der Waals surface area (Å²) in [6, 6.07) is 23.3. The topological polar surface area (TPSA) is 26.0 Å². The van der Waals surface area contributed by atoms with Crippen LogP contribution >= 0.6 is 0 Å². The zero-order valence-electron chi connectivity index (χ0n) is 10.1. The predicted molar refractivity (Wildman–Crippen MR) is 77.3 cm³/mol. The summed E-state index contributed by atoms with van der Waals surface area (Å²) in [5.41, 5.74) is 9.39. The lowest BCUT2D eigenvalue weighted by Crippen LogP contribution is -1.95. The fourth-order valence-electron chi connectivity index (χ4n) is 2.33. The molecule has 1 nitrogen and oxygen atoms in total. The third kappa shape index (κ3) is 1.89. The summed E-state index contributed by atoms with van der Waals surface area (Å²) < 4.78 is 0. The molecule has 0 saturated carbocycles. The second-order valence-electron chi connectivity index (χ2n) is 4.43. The van der Waals surface area contributed by atoms with Gasteiger partial charge in [0.2, 0.25) is 0 Å². The van der Waals surface area contributed by atoms with Gasteiger partial charge in [0.1, 0.15) is 0 Å².